The van der Waals surface area contributed by atoms with Gasteiger partial charge in [-0.25, -0.2) is 0 Å². The Morgan fingerprint density at radius 2 is 1.81 bits per heavy atom. The average Bonchev–Trinajstić information content (AvgIpc) is 3.05. The number of aliphatic hydroxyl groups is 1. The Balaban J connectivity index is 1.92. The van der Waals surface area contributed by atoms with Gasteiger partial charge >= 0.3 is 0 Å². The predicted molar refractivity (Wildman–Crippen MR) is 118 cm³/mol. The molecule has 0 bridgehead atoms. The van der Waals surface area contributed by atoms with E-state index < -0.39 is 17.7 Å². The number of hydrogen-bond donors (Lipinski definition) is 1. The van der Waals surface area contributed by atoms with Crippen LogP contribution in [-0.2, 0) is 9.59 Å². The molecule has 0 spiro atoms. The van der Waals surface area contributed by atoms with Crippen molar-refractivity contribution in [1.82, 2.24) is 4.98 Å². The summed E-state index contributed by atoms with van der Waals surface area (Å²) in [6, 6.07) is 16.1. The fraction of sp³-hybridized carbons (Fsp3) is 0.125. The smallest absolute Gasteiger partial charge is 0.300 e. The van der Waals surface area contributed by atoms with Crippen molar-refractivity contribution in [2.75, 3.05) is 11.5 Å². The molecule has 1 atom stereocenters. The highest BCUT2D eigenvalue weighted by atomic mass is 35.5. The average molecular weight is 435 g/mol. The van der Waals surface area contributed by atoms with Crippen molar-refractivity contribution in [1.29, 1.82) is 0 Å². The number of rotatable bonds is 5. The molecule has 4 rings (SSSR count). The van der Waals surface area contributed by atoms with Crippen molar-refractivity contribution in [2.45, 2.75) is 13.0 Å². The quantitative estimate of drug-likeness (QED) is 0.356. The first-order valence-electron chi connectivity index (χ1n) is 9.71. The van der Waals surface area contributed by atoms with Crippen LogP contribution in [0.15, 0.2) is 78.6 Å². The number of halogens is 1. The number of aromatic nitrogens is 1. The second kappa shape index (κ2) is 8.62. The molecule has 1 fully saturated rings. The van der Waals surface area contributed by atoms with E-state index in [2.05, 4.69) is 4.98 Å². The first-order valence-corrected chi connectivity index (χ1v) is 10.1. The van der Waals surface area contributed by atoms with Crippen LogP contribution in [-0.4, -0.2) is 28.4 Å². The van der Waals surface area contributed by atoms with Gasteiger partial charge in [0.1, 0.15) is 11.5 Å². The van der Waals surface area contributed by atoms with E-state index in [1.54, 1.807) is 60.7 Å². The maximum absolute atomic E-state index is 13.1. The van der Waals surface area contributed by atoms with Crippen LogP contribution in [0.5, 0.6) is 5.75 Å². The number of benzene rings is 2. The van der Waals surface area contributed by atoms with Gasteiger partial charge in [0, 0.05) is 34.7 Å². The molecule has 0 aliphatic carbocycles. The van der Waals surface area contributed by atoms with Gasteiger partial charge in [-0.05, 0) is 48.9 Å². The van der Waals surface area contributed by atoms with E-state index in [0.29, 0.717) is 34.2 Å². The van der Waals surface area contributed by atoms with E-state index in [0.717, 1.165) is 0 Å². The highest BCUT2D eigenvalue weighted by molar-refractivity contribution is 6.51. The van der Waals surface area contributed by atoms with Crippen LogP contribution >= 0.6 is 11.6 Å². The summed E-state index contributed by atoms with van der Waals surface area (Å²) in [5.74, 6) is -1.18. The third kappa shape index (κ3) is 3.90. The van der Waals surface area contributed by atoms with Crippen molar-refractivity contribution in [3.05, 3.63) is 94.8 Å². The number of ether oxygens (including phenoxy) is 1. The number of amides is 1. The molecule has 156 valence electrons. The summed E-state index contributed by atoms with van der Waals surface area (Å²) in [5, 5.41) is 11.5. The summed E-state index contributed by atoms with van der Waals surface area (Å²) in [5.41, 5.74) is 1.53. The molecule has 1 amide bonds. The zero-order chi connectivity index (χ0) is 22.0. The Bertz CT molecular complexity index is 1160. The molecule has 1 unspecified atom stereocenters. The highest BCUT2D eigenvalue weighted by Crippen LogP contribution is 2.42. The Hall–Kier alpha value is -3.64. The highest BCUT2D eigenvalue weighted by Gasteiger charge is 2.47. The fourth-order valence-corrected chi connectivity index (χ4v) is 3.74. The lowest BCUT2D eigenvalue weighted by Gasteiger charge is -2.26. The summed E-state index contributed by atoms with van der Waals surface area (Å²) in [6.07, 6.45) is 3.02. The van der Waals surface area contributed by atoms with Crippen molar-refractivity contribution in [3.8, 4) is 5.75 Å². The van der Waals surface area contributed by atoms with Gasteiger partial charge in [-0.1, -0.05) is 29.8 Å². The van der Waals surface area contributed by atoms with Crippen LogP contribution in [0.2, 0.25) is 5.02 Å². The third-order valence-electron chi connectivity index (χ3n) is 4.99. The standard InChI is InChI=1S/C24H19ClN2O4/c1-2-31-19-5-3-4-18(14-19)27-21(15-6-8-17(25)9-7-15)20(23(29)24(27)30)22(28)16-10-12-26-13-11-16/h3-14,21,28H,2H2,1H3/b22-20+. The molecular weight excluding hydrogens is 416 g/mol. The molecule has 0 radical (unpaired) electrons. The number of carbonyl (C=O) groups excluding carboxylic acids is 2. The number of Topliss-reactive ketones (excluding diaryl/α,β-unsaturated/α-hetero) is 1. The molecule has 1 aliphatic rings. The van der Waals surface area contributed by atoms with Crippen molar-refractivity contribution in [3.63, 3.8) is 0 Å². The Morgan fingerprint density at radius 1 is 1.10 bits per heavy atom. The minimum absolute atomic E-state index is 0.000311. The van der Waals surface area contributed by atoms with E-state index in [4.69, 9.17) is 16.3 Å². The van der Waals surface area contributed by atoms with Gasteiger partial charge < -0.3 is 9.84 Å². The molecule has 0 saturated carbocycles. The molecule has 1 aromatic heterocycles. The van der Waals surface area contributed by atoms with E-state index in [-0.39, 0.29) is 11.3 Å². The van der Waals surface area contributed by atoms with Crippen molar-refractivity contribution in [2.24, 2.45) is 0 Å². The van der Waals surface area contributed by atoms with Crippen LogP contribution in [0, 0.1) is 0 Å². The van der Waals surface area contributed by atoms with E-state index in [9.17, 15) is 14.7 Å². The second-order valence-corrected chi connectivity index (χ2v) is 7.32. The van der Waals surface area contributed by atoms with Gasteiger partial charge in [-0.2, -0.15) is 0 Å². The lowest BCUT2D eigenvalue weighted by molar-refractivity contribution is -0.132. The molecule has 31 heavy (non-hydrogen) atoms. The van der Waals surface area contributed by atoms with E-state index in [1.807, 2.05) is 6.92 Å². The number of ketones is 1. The van der Waals surface area contributed by atoms with Crippen LogP contribution in [0.25, 0.3) is 5.76 Å². The maximum atomic E-state index is 13.1. The minimum atomic E-state index is -0.831. The van der Waals surface area contributed by atoms with Crippen molar-refractivity contribution < 1.29 is 19.4 Å². The Labute approximate surface area is 184 Å². The number of nitrogens with zero attached hydrogens (tertiary/aromatic N) is 2. The van der Waals surface area contributed by atoms with Crippen LogP contribution in [0.4, 0.5) is 5.69 Å². The summed E-state index contributed by atoms with van der Waals surface area (Å²) in [4.78, 5) is 31.5. The lowest BCUT2D eigenvalue weighted by atomic mass is 9.95. The molecule has 1 aliphatic heterocycles. The van der Waals surface area contributed by atoms with Gasteiger partial charge in [-0.3, -0.25) is 19.5 Å². The zero-order valence-corrected chi connectivity index (χ0v) is 17.4. The normalized spacial score (nSPS) is 17.7. The summed E-state index contributed by atoms with van der Waals surface area (Å²) in [7, 11) is 0. The van der Waals surface area contributed by atoms with Crippen LogP contribution in [0.1, 0.15) is 24.1 Å². The van der Waals surface area contributed by atoms with Gasteiger partial charge in [0.05, 0.1) is 18.2 Å². The predicted octanol–water partition coefficient (Wildman–Crippen LogP) is 4.76. The second-order valence-electron chi connectivity index (χ2n) is 6.89. The molecule has 1 N–H and O–H groups in total. The molecule has 6 nitrogen and oxygen atoms in total. The molecule has 7 heteroatoms. The number of aliphatic hydroxyl groups excluding tert-OH is 1. The Kier molecular flexibility index (Phi) is 5.73. The SMILES string of the molecule is CCOc1cccc(N2C(=O)C(=O)/C(=C(/O)c3ccncc3)C2c2ccc(Cl)cc2)c1. The van der Waals surface area contributed by atoms with Crippen molar-refractivity contribution >= 4 is 34.7 Å². The number of anilines is 1. The molecule has 1 saturated heterocycles. The molecule has 2 heterocycles. The maximum Gasteiger partial charge on any atom is 0.300 e. The third-order valence-corrected chi connectivity index (χ3v) is 5.24. The first kappa shape index (κ1) is 20.6. The van der Waals surface area contributed by atoms with E-state index in [1.165, 1.54) is 17.3 Å². The minimum Gasteiger partial charge on any atom is -0.507 e. The number of hydrogen-bond acceptors (Lipinski definition) is 5. The zero-order valence-electron chi connectivity index (χ0n) is 16.7. The van der Waals surface area contributed by atoms with Crippen LogP contribution < -0.4 is 9.64 Å². The van der Waals surface area contributed by atoms with E-state index >= 15 is 0 Å². The van der Waals surface area contributed by atoms with Crippen LogP contribution in [0.3, 0.4) is 0 Å². The monoisotopic (exact) mass is 434 g/mol. The molecule has 2 aromatic carbocycles. The topological polar surface area (TPSA) is 79.7 Å². The Morgan fingerprint density at radius 3 is 2.48 bits per heavy atom. The summed E-state index contributed by atoms with van der Waals surface area (Å²) in [6.45, 7) is 2.33. The first-order chi connectivity index (χ1) is 15.0. The van der Waals surface area contributed by atoms with Gasteiger partial charge in [0.2, 0.25) is 0 Å². The van der Waals surface area contributed by atoms with Gasteiger partial charge in [-0.15, -0.1) is 0 Å². The summed E-state index contributed by atoms with van der Waals surface area (Å²) < 4.78 is 5.56. The fourth-order valence-electron chi connectivity index (χ4n) is 3.61. The van der Waals surface area contributed by atoms with Gasteiger partial charge in [0.25, 0.3) is 11.7 Å². The number of pyridine rings is 1. The number of carbonyl (C=O) groups is 2. The molecular formula is C24H19ClN2O4. The van der Waals surface area contributed by atoms with Gasteiger partial charge in [0.15, 0.2) is 0 Å². The lowest BCUT2D eigenvalue weighted by Crippen LogP contribution is -2.29. The molecule has 3 aromatic rings. The summed E-state index contributed by atoms with van der Waals surface area (Å²) >= 11 is 6.05. The largest absolute Gasteiger partial charge is 0.507 e.